The smallest absolute Gasteiger partial charge is 0.244 e. The summed E-state index contributed by atoms with van der Waals surface area (Å²) in [5, 5.41) is 5.72. The summed E-state index contributed by atoms with van der Waals surface area (Å²) in [6.45, 7) is 5.61. The van der Waals surface area contributed by atoms with Gasteiger partial charge >= 0.3 is 0 Å². The third-order valence-electron chi connectivity index (χ3n) is 8.56. The van der Waals surface area contributed by atoms with Crippen LogP contribution in [0.2, 0.25) is 0 Å². The number of hydrogen-bond acceptors (Lipinski definition) is 6. The fourth-order valence-electron chi connectivity index (χ4n) is 5.96. The Balaban J connectivity index is 1.31. The number of hydrogen-bond donors (Lipinski definition) is 2. The van der Waals surface area contributed by atoms with Crippen molar-refractivity contribution in [3.05, 3.63) is 77.5 Å². The number of piperazine rings is 1. The van der Waals surface area contributed by atoms with Crippen LogP contribution in [0.5, 0.6) is 5.75 Å². The van der Waals surface area contributed by atoms with Crippen molar-refractivity contribution in [2.24, 2.45) is 0 Å². The molecule has 9 nitrogen and oxygen atoms in total. The van der Waals surface area contributed by atoms with Gasteiger partial charge < -0.3 is 19.9 Å². The summed E-state index contributed by atoms with van der Waals surface area (Å²) < 4.78 is 5.41. The van der Waals surface area contributed by atoms with Crippen molar-refractivity contribution in [2.45, 2.75) is 45.6 Å². The first-order valence-corrected chi connectivity index (χ1v) is 15.3. The molecule has 0 saturated carbocycles. The minimum Gasteiger partial charge on any atom is -0.497 e. The van der Waals surface area contributed by atoms with Crippen molar-refractivity contribution in [1.29, 1.82) is 0 Å². The van der Waals surface area contributed by atoms with Gasteiger partial charge in [-0.25, -0.2) is 0 Å². The van der Waals surface area contributed by atoms with Crippen LogP contribution in [0, 0.1) is 6.92 Å². The molecule has 0 bridgehead atoms. The lowest BCUT2D eigenvalue weighted by Crippen LogP contribution is -2.61. The van der Waals surface area contributed by atoms with Gasteiger partial charge in [0, 0.05) is 54.6 Å². The lowest BCUT2D eigenvalue weighted by Gasteiger charge is -2.40. The van der Waals surface area contributed by atoms with Crippen molar-refractivity contribution >= 4 is 45.1 Å². The van der Waals surface area contributed by atoms with Crippen molar-refractivity contribution in [2.75, 3.05) is 39.8 Å². The molecule has 1 unspecified atom stereocenters. The topological polar surface area (TPSA) is 112 Å². The molecule has 2 heterocycles. The second-order valence-corrected chi connectivity index (χ2v) is 11.4. The Hall–Kier alpha value is -4.50. The molecular formula is C35H40N4O5. The lowest BCUT2D eigenvalue weighted by molar-refractivity contribution is -0.143. The van der Waals surface area contributed by atoms with Crippen molar-refractivity contribution in [3.63, 3.8) is 0 Å². The number of carbonyl (C=O) groups is 4. The highest BCUT2D eigenvalue weighted by molar-refractivity contribution is 6.03. The molecule has 1 aromatic heterocycles. The second kappa shape index (κ2) is 13.9. The van der Waals surface area contributed by atoms with Crippen LogP contribution in [0.4, 0.5) is 0 Å². The van der Waals surface area contributed by atoms with Crippen LogP contribution in [-0.2, 0) is 20.8 Å². The molecule has 0 radical (unpaired) electrons. The molecule has 230 valence electrons. The molecule has 1 fully saturated rings. The van der Waals surface area contributed by atoms with Crippen molar-refractivity contribution < 1.29 is 23.9 Å². The molecule has 3 aromatic carbocycles. The van der Waals surface area contributed by atoms with Gasteiger partial charge in [-0.1, -0.05) is 43.3 Å². The number of rotatable bonds is 12. The Labute approximate surface area is 257 Å². The zero-order valence-electron chi connectivity index (χ0n) is 25.7. The number of fused-ring (bicyclic) bond motifs is 2. The molecule has 0 spiro atoms. The monoisotopic (exact) mass is 596 g/mol. The van der Waals surface area contributed by atoms with E-state index in [0.29, 0.717) is 56.8 Å². The van der Waals surface area contributed by atoms with E-state index in [9.17, 15) is 19.2 Å². The number of methoxy groups -OCH3 is 1. The van der Waals surface area contributed by atoms with E-state index in [1.807, 2.05) is 68.4 Å². The summed E-state index contributed by atoms with van der Waals surface area (Å²) in [5.74, 6) is 0.202. The lowest BCUT2D eigenvalue weighted by atomic mass is 10.0. The molecule has 1 aliphatic heterocycles. The average Bonchev–Trinajstić information content (AvgIpc) is 3.36. The van der Waals surface area contributed by atoms with Gasteiger partial charge in [0.15, 0.2) is 5.78 Å². The normalized spacial score (nSPS) is 15.4. The van der Waals surface area contributed by atoms with Gasteiger partial charge in [-0.15, -0.1) is 0 Å². The molecule has 5 rings (SSSR count). The standard InChI is InChI=1S/C35H40N4O5/c1-4-27(40)10-7-15-38-16-17-39(34(42)20-29-23(2)37-31-14-13-28(44-3)19-30(29)31)32(22-38)35(43)36-21-33(41)26-12-11-24-8-5-6-9-25(24)18-26/h5-6,8-9,11-14,18-19,32,37H,4,7,10,15-17,20-22H2,1-3H3,(H,36,43). The summed E-state index contributed by atoms with van der Waals surface area (Å²) in [6.07, 6.45) is 1.84. The molecule has 44 heavy (non-hydrogen) atoms. The number of amides is 2. The first-order chi connectivity index (χ1) is 21.3. The summed E-state index contributed by atoms with van der Waals surface area (Å²) in [7, 11) is 1.61. The van der Waals surface area contributed by atoms with Crippen LogP contribution in [0.15, 0.2) is 60.7 Å². The Morgan fingerprint density at radius 3 is 2.57 bits per heavy atom. The van der Waals surface area contributed by atoms with Crippen LogP contribution in [0.3, 0.4) is 0 Å². The maximum absolute atomic E-state index is 13.8. The predicted molar refractivity (Wildman–Crippen MR) is 171 cm³/mol. The van der Waals surface area contributed by atoms with Crippen LogP contribution in [0.25, 0.3) is 21.7 Å². The number of aromatic amines is 1. The van der Waals surface area contributed by atoms with Gasteiger partial charge in [-0.05, 0) is 60.5 Å². The molecule has 2 N–H and O–H groups in total. The SMILES string of the molecule is CCC(=O)CCCN1CCN(C(=O)Cc2c(C)[nH]c3ccc(OC)cc23)C(C(=O)NCC(=O)c2ccc3ccccc3c2)C1. The number of ether oxygens (including phenoxy) is 1. The van der Waals surface area contributed by atoms with Gasteiger partial charge in [-0.3, -0.25) is 24.1 Å². The van der Waals surface area contributed by atoms with E-state index in [0.717, 1.165) is 32.9 Å². The molecular weight excluding hydrogens is 556 g/mol. The van der Waals surface area contributed by atoms with Crippen molar-refractivity contribution in [1.82, 2.24) is 20.1 Å². The van der Waals surface area contributed by atoms with Gasteiger partial charge in [0.2, 0.25) is 11.8 Å². The summed E-state index contributed by atoms with van der Waals surface area (Å²) >= 11 is 0. The predicted octanol–water partition coefficient (Wildman–Crippen LogP) is 4.45. The molecule has 0 aliphatic carbocycles. The molecule has 1 atom stereocenters. The zero-order valence-corrected chi connectivity index (χ0v) is 25.7. The fraction of sp³-hybridized carbons (Fsp3) is 0.371. The summed E-state index contributed by atoms with van der Waals surface area (Å²) in [5.41, 5.74) is 3.20. The van der Waals surface area contributed by atoms with E-state index >= 15 is 0 Å². The van der Waals surface area contributed by atoms with Crippen LogP contribution < -0.4 is 10.1 Å². The number of aromatic nitrogens is 1. The van der Waals surface area contributed by atoms with Crippen LogP contribution in [0.1, 0.15) is 47.8 Å². The van der Waals surface area contributed by atoms with Gasteiger partial charge in [0.05, 0.1) is 20.1 Å². The number of Topliss-reactive ketones (excluding diaryl/α,β-unsaturated/α-hetero) is 2. The number of nitrogens with zero attached hydrogens (tertiary/aromatic N) is 2. The van der Waals surface area contributed by atoms with E-state index in [2.05, 4.69) is 15.2 Å². The zero-order chi connectivity index (χ0) is 31.2. The number of aryl methyl sites for hydroxylation is 1. The van der Waals surface area contributed by atoms with Gasteiger partial charge in [0.1, 0.15) is 17.6 Å². The highest BCUT2D eigenvalue weighted by Crippen LogP contribution is 2.28. The van der Waals surface area contributed by atoms with Crippen LogP contribution >= 0.6 is 0 Å². The Morgan fingerprint density at radius 1 is 1.00 bits per heavy atom. The largest absolute Gasteiger partial charge is 0.497 e. The Morgan fingerprint density at radius 2 is 1.80 bits per heavy atom. The third-order valence-corrected chi connectivity index (χ3v) is 8.56. The van der Waals surface area contributed by atoms with E-state index < -0.39 is 6.04 Å². The number of ketones is 2. The summed E-state index contributed by atoms with van der Waals surface area (Å²) in [4.78, 5) is 59.5. The minimum atomic E-state index is -0.762. The Kier molecular flexibility index (Phi) is 9.75. The first-order valence-electron chi connectivity index (χ1n) is 15.3. The second-order valence-electron chi connectivity index (χ2n) is 11.4. The number of carbonyl (C=O) groups excluding carboxylic acids is 4. The maximum atomic E-state index is 13.8. The molecule has 4 aromatic rings. The highest BCUT2D eigenvalue weighted by Gasteiger charge is 2.35. The Bertz CT molecular complexity index is 1690. The van der Waals surface area contributed by atoms with E-state index in [-0.39, 0.29) is 36.3 Å². The van der Waals surface area contributed by atoms with E-state index in [1.54, 1.807) is 18.1 Å². The van der Waals surface area contributed by atoms with Gasteiger partial charge in [-0.2, -0.15) is 0 Å². The minimum absolute atomic E-state index is 0.129. The van der Waals surface area contributed by atoms with E-state index in [1.165, 1.54) is 0 Å². The first kappa shape index (κ1) is 30.9. The van der Waals surface area contributed by atoms with E-state index in [4.69, 9.17) is 4.74 Å². The fourth-order valence-corrected chi connectivity index (χ4v) is 5.96. The van der Waals surface area contributed by atoms with Crippen LogP contribution in [-0.4, -0.2) is 84.0 Å². The molecule has 9 heteroatoms. The molecule has 1 saturated heterocycles. The number of nitrogens with one attached hydrogen (secondary N) is 2. The molecule has 1 aliphatic rings. The van der Waals surface area contributed by atoms with Crippen molar-refractivity contribution in [3.8, 4) is 5.75 Å². The quantitative estimate of drug-likeness (QED) is 0.234. The maximum Gasteiger partial charge on any atom is 0.244 e. The number of benzene rings is 3. The highest BCUT2D eigenvalue weighted by atomic mass is 16.5. The van der Waals surface area contributed by atoms with Gasteiger partial charge in [0.25, 0.3) is 0 Å². The average molecular weight is 597 g/mol. The third kappa shape index (κ3) is 7.00. The summed E-state index contributed by atoms with van der Waals surface area (Å²) in [6, 6.07) is 18.3. The molecule has 2 amide bonds. The number of H-pyrrole nitrogens is 1.